The van der Waals surface area contributed by atoms with E-state index in [4.69, 9.17) is 0 Å². The highest BCUT2D eigenvalue weighted by molar-refractivity contribution is 5.95. The Morgan fingerprint density at radius 3 is 2.82 bits per heavy atom. The van der Waals surface area contributed by atoms with Crippen LogP contribution >= 0.6 is 0 Å². The predicted molar refractivity (Wildman–Crippen MR) is 131 cm³/mol. The lowest BCUT2D eigenvalue weighted by molar-refractivity contribution is -0.117. The predicted octanol–water partition coefficient (Wildman–Crippen LogP) is 3.89. The number of hydrogen-bond acceptors (Lipinski definition) is 6. The summed E-state index contributed by atoms with van der Waals surface area (Å²) in [4.78, 5) is 29.5. The summed E-state index contributed by atoms with van der Waals surface area (Å²) < 4.78 is 0. The number of aromatic amines is 2. The number of benzene rings is 1. The van der Waals surface area contributed by atoms with Gasteiger partial charge in [0, 0.05) is 23.6 Å². The van der Waals surface area contributed by atoms with Gasteiger partial charge in [0.2, 0.25) is 5.91 Å². The Kier molecular flexibility index (Phi) is 5.23. The highest BCUT2D eigenvalue weighted by Crippen LogP contribution is 2.29. The second-order valence-corrected chi connectivity index (χ2v) is 8.70. The highest BCUT2D eigenvalue weighted by atomic mass is 16.1. The van der Waals surface area contributed by atoms with Crippen molar-refractivity contribution < 1.29 is 4.79 Å². The van der Waals surface area contributed by atoms with Crippen LogP contribution in [0, 0.1) is 5.92 Å². The van der Waals surface area contributed by atoms with Crippen LogP contribution in [0.5, 0.6) is 0 Å². The first-order valence-electron chi connectivity index (χ1n) is 11.5. The zero-order valence-corrected chi connectivity index (χ0v) is 18.5. The number of para-hydroxylation sites is 2. The summed E-state index contributed by atoms with van der Waals surface area (Å²) in [5, 5.41) is 14.7. The fourth-order valence-corrected chi connectivity index (χ4v) is 4.53. The van der Waals surface area contributed by atoms with Crippen molar-refractivity contribution in [2.24, 2.45) is 5.92 Å². The van der Waals surface area contributed by atoms with E-state index in [0.717, 1.165) is 64.8 Å². The average molecular weight is 453 g/mol. The van der Waals surface area contributed by atoms with Gasteiger partial charge < -0.3 is 15.6 Å². The Morgan fingerprint density at radius 1 is 1.06 bits per heavy atom. The maximum absolute atomic E-state index is 12.5. The molecule has 5 heterocycles. The van der Waals surface area contributed by atoms with E-state index in [9.17, 15) is 4.79 Å². The third-order valence-corrected chi connectivity index (χ3v) is 6.31. The van der Waals surface area contributed by atoms with Crippen LogP contribution in [0.15, 0.2) is 55.0 Å². The molecule has 5 aromatic rings. The first-order valence-corrected chi connectivity index (χ1v) is 11.5. The summed E-state index contributed by atoms with van der Waals surface area (Å²) >= 11 is 0. The number of pyridine rings is 2. The highest BCUT2D eigenvalue weighted by Gasteiger charge is 2.18. The average Bonchev–Trinajstić information content (AvgIpc) is 3.48. The molecule has 6 rings (SSSR count). The minimum atomic E-state index is 0.0243. The largest absolute Gasteiger partial charge is 0.337 e. The standard InChI is InChI=1S/C25H24N8O/c34-23(9-15-5-7-26-8-6-15)29-17-10-16(12-27-13-17)21-11-18-22(14-28-21)32-33-24(18)25-30-19-3-1-2-4-20(19)31-25/h1-4,10-15,26H,5-9H2,(H,29,34)(H,30,31)(H,32,33). The fourth-order valence-electron chi connectivity index (χ4n) is 4.53. The van der Waals surface area contributed by atoms with Gasteiger partial charge in [0.25, 0.3) is 0 Å². The van der Waals surface area contributed by atoms with Crippen LogP contribution in [0.1, 0.15) is 19.3 Å². The van der Waals surface area contributed by atoms with Gasteiger partial charge in [-0.3, -0.25) is 19.9 Å². The molecular weight excluding hydrogens is 428 g/mol. The van der Waals surface area contributed by atoms with Gasteiger partial charge in [-0.1, -0.05) is 12.1 Å². The van der Waals surface area contributed by atoms with E-state index in [1.54, 1.807) is 18.6 Å². The summed E-state index contributed by atoms with van der Waals surface area (Å²) in [6.45, 7) is 1.96. The molecule has 0 radical (unpaired) electrons. The lowest BCUT2D eigenvalue weighted by Crippen LogP contribution is -2.30. The SMILES string of the molecule is O=C(CC1CCNCC1)Nc1cncc(-c2cc3c(-c4nc5ccccc5[nH]4)n[nH]c3cn2)c1. The van der Waals surface area contributed by atoms with Crippen LogP contribution in [0.2, 0.25) is 0 Å². The van der Waals surface area contributed by atoms with Crippen molar-refractivity contribution in [1.82, 2.24) is 35.5 Å². The van der Waals surface area contributed by atoms with E-state index >= 15 is 0 Å². The molecule has 170 valence electrons. The summed E-state index contributed by atoms with van der Waals surface area (Å²) in [5.74, 6) is 1.15. The van der Waals surface area contributed by atoms with Gasteiger partial charge in [0.1, 0.15) is 5.69 Å². The second kappa shape index (κ2) is 8.68. The topological polar surface area (TPSA) is 124 Å². The van der Waals surface area contributed by atoms with Crippen molar-refractivity contribution in [3.8, 4) is 22.8 Å². The number of anilines is 1. The Hall–Kier alpha value is -4.11. The summed E-state index contributed by atoms with van der Waals surface area (Å²) in [6.07, 6.45) is 7.78. The van der Waals surface area contributed by atoms with Gasteiger partial charge in [0.15, 0.2) is 5.82 Å². The first kappa shape index (κ1) is 20.5. The molecule has 9 nitrogen and oxygen atoms in total. The van der Waals surface area contributed by atoms with Gasteiger partial charge in [-0.15, -0.1) is 0 Å². The molecule has 1 fully saturated rings. The maximum atomic E-state index is 12.5. The molecule has 4 N–H and O–H groups in total. The Balaban J connectivity index is 1.27. The zero-order valence-electron chi connectivity index (χ0n) is 18.5. The minimum Gasteiger partial charge on any atom is -0.337 e. The van der Waals surface area contributed by atoms with Gasteiger partial charge in [-0.05, 0) is 56.1 Å². The third-order valence-electron chi connectivity index (χ3n) is 6.31. The molecule has 1 saturated heterocycles. The number of hydrogen-bond donors (Lipinski definition) is 4. The van der Waals surface area contributed by atoms with Crippen molar-refractivity contribution in [1.29, 1.82) is 0 Å². The quantitative estimate of drug-likeness (QED) is 0.321. The van der Waals surface area contributed by atoms with Gasteiger partial charge >= 0.3 is 0 Å². The Morgan fingerprint density at radius 2 is 1.94 bits per heavy atom. The number of carbonyl (C=O) groups is 1. The number of rotatable bonds is 5. The first-order chi connectivity index (χ1) is 16.7. The van der Waals surface area contributed by atoms with Crippen LogP contribution in [0.25, 0.3) is 44.7 Å². The van der Waals surface area contributed by atoms with Crippen LogP contribution in [0.3, 0.4) is 0 Å². The number of nitrogens with one attached hydrogen (secondary N) is 4. The van der Waals surface area contributed by atoms with Gasteiger partial charge in [-0.25, -0.2) is 4.98 Å². The molecule has 34 heavy (non-hydrogen) atoms. The number of imidazole rings is 1. The van der Waals surface area contributed by atoms with Crippen molar-refractivity contribution in [2.75, 3.05) is 18.4 Å². The molecule has 0 bridgehead atoms. The number of fused-ring (bicyclic) bond motifs is 2. The molecule has 1 aromatic carbocycles. The summed E-state index contributed by atoms with van der Waals surface area (Å²) in [5.41, 5.74) is 5.63. The number of nitrogens with zero attached hydrogens (tertiary/aromatic N) is 4. The van der Waals surface area contributed by atoms with Crippen LogP contribution in [0.4, 0.5) is 5.69 Å². The normalized spacial score (nSPS) is 14.6. The minimum absolute atomic E-state index is 0.0243. The molecular formula is C25H24N8O. The van der Waals surface area contributed by atoms with E-state index in [-0.39, 0.29) is 5.91 Å². The van der Waals surface area contributed by atoms with Crippen LogP contribution in [-0.2, 0) is 4.79 Å². The molecule has 9 heteroatoms. The lowest BCUT2D eigenvalue weighted by atomic mass is 9.94. The third kappa shape index (κ3) is 4.01. The fraction of sp³-hybridized carbons (Fsp3) is 0.240. The second-order valence-electron chi connectivity index (χ2n) is 8.70. The van der Waals surface area contributed by atoms with Crippen LogP contribution < -0.4 is 10.6 Å². The molecule has 0 atom stereocenters. The van der Waals surface area contributed by atoms with Gasteiger partial charge in [-0.2, -0.15) is 5.10 Å². The molecule has 1 amide bonds. The lowest BCUT2D eigenvalue weighted by Gasteiger charge is -2.21. The Labute approximate surface area is 195 Å². The van der Waals surface area contributed by atoms with Crippen molar-refractivity contribution in [3.63, 3.8) is 0 Å². The smallest absolute Gasteiger partial charge is 0.224 e. The molecule has 0 saturated carbocycles. The van der Waals surface area contributed by atoms with E-state index in [1.807, 2.05) is 36.4 Å². The summed E-state index contributed by atoms with van der Waals surface area (Å²) in [7, 11) is 0. The van der Waals surface area contributed by atoms with E-state index < -0.39 is 0 Å². The molecule has 1 aliphatic rings. The van der Waals surface area contributed by atoms with Gasteiger partial charge in [0.05, 0.1) is 40.3 Å². The molecule has 1 aliphatic heterocycles. The van der Waals surface area contributed by atoms with E-state index in [1.165, 1.54) is 0 Å². The van der Waals surface area contributed by atoms with Crippen molar-refractivity contribution in [2.45, 2.75) is 19.3 Å². The maximum Gasteiger partial charge on any atom is 0.224 e. The number of carbonyl (C=O) groups excluding carboxylic acids is 1. The van der Waals surface area contributed by atoms with Crippen LogP contribution in [-0.4, -0.2) is 49.1 Å². The number of piperidine rings is 1. The van der Waals surface area contributed by atoms with Crippen molar-refractivity contribution in [3.05, 3.63) is 55.0 Å². The summed E-state index contributed by atoms with van der Waals surface area (Å²) in [6, 6.07) is 11.8. The monoisotopic (exact) mass is 452 g/mol. The number of H-pyrrole nitrogens is 2. The Bertz CT molecular complexity index is 1450. The van der Waals surface area contributed by atoms with Crippen molar-refractivity contribution >= 4 is 33.5 Å². The molecule has 0 unspecified atom stereocenters. The van der Waals surface area contributed by atoms with E-state index in [0.29, 0.717) is 23.9 Å². The van der Waals surface area contributed by atoms with E-state index in [2.05, 4.69) is 40.8 Å². The number of amides is 1. The molecule has 0 aliphatic carbocycles. The molecule has 0 spiro atoms. The zero-order chi connectivity index (χ0) is 22.9. The number of aromatic nitrogens is 6. The molecule has 4 aromatic heterocycles.